The molecule has 3 aliphatic rings. The summed E-state index contributed by atoms with van der Waals surface area (Å²) in [5.41, 5.74) is 2.16. The molecule has 3 rings (SSSR count). The maximum atomic E-state index is 13.8. The van der Waals surface area contributed by atoms with E-state index in [0.29, 0.717) is 49.7 Å². The highest BCUT2D eigenvalue weighted by Gasteiger charge is 2.48. The van der Waals surface area contributed by atoms with Crippen LogP contribution in [0.25, 0.3) is 0 Å². The largest absolute Gasteiger partial charge is 0.479 e. The van der Waals surface area contributed by atoms with Crippen molar-refractivity contribution in [2.45, 2.75) is 161 Å². The summed E-state index contributed by atoms with van der Waals surface area (Å²) in [7, 11) is 1.70. The number of carbonyl (C=O) groups excluding carboxylic acids is 4. The van der Waals surface area contributed by atoms with Crippen LogP contribution < -0.4 is 0 Å². The van der Waals surface area contributed by atoms with Gasteiger partial charge in [0.1, 0.15) is 11.6 Å². The molecule has 2 bridgehead atoms. The Morgan fingerprint density at radius 1 is 0.885 bits per heavy atom. The van der Waals surface area contributed by atoms with Crippen molar-refractivity contribution in [2.24, 2.45) is 35.5 Å². The van der Waals surface area contributed by atoms with Crippen LogP contribution in [0.5, 0.6) is 0 Å². The highest BCUT2D eigenvalue weighted by atomic mass is 16.5. The topological polar surface area (TPSA) is 179 Å². The zero-order chi connectivity index (χ0) is 45.3. The van der Waals surface area contributed by atoms with Crippen molar-refractivity contribution in [2.75, 3.05) is 13.7 Å². The van der Waals surface area contributed by atoms with Crippen molar-refractivity contribution in [1.29, 1.82) is 0 Å². The van der Waals surface area contributed by atoms with E-state index in [1.165, 1.54) is 6.92 Å². The van der Waals surface area contributed by atoms with Gasteiger partial charge in [-0.2, -0.15) is 0 Å². The number of hydrogen-bond donors (Lipinski definition) is 4. The Bertz CT molecular complexity index is 1670. The van der Waals surface area contributed by atoms with Crippen LogP contribution in [0.1, 0.15) is 137 Å². The summed E-state index contributed by atoms with van der Waals surface area (Å²) in [4.78, 5) is 68.0. The minimum atomic E-state index is -2.96. The minimum absolute atomic E-state index is 0.0299. The van der Waals surface area contributed by atoms with Crippen molar-refractivity contribution < 1.29 is 49.1 Å². The van der Waals surface area contributed by atoms with Crippen molar-refractivity contribution in [1.82, 2.24) is 4.90 Å². The van der Waals surface area contributed by atoms with Gasteiger partial charge >= 0.3 is 5.97 Å². The molecule has 61 heavy (non-hydrogen) atoms. The van der Waals surface area contributed by atoms with Gasteiger partial charge in [0.2, 0.25) is 5.79 Å². The summed E-state index contributed by atoms with van der Waals surface area (Å²) in [5, 5.41) is 43.7. The molecule has 0 spiro atoms. The Hall–Kier alpha value is -3.77. The molecule has 11 heteroatoms. The third kappa shape index (κ3) is 16.1. The number of ketones is 3. The molecule has 2 fully saturated rings. The summed E-state index contributed by atoms with van der Waals surface area (Å²) in [6, 6.07) is -1.47. The van der Waals surface area contributed by atoms with Crippen LogP contribution >= 0.6 is 0 Å². The third-order valence-corrected chi connectivity index (χ3v) is 13.2. The summed E-state index contributed by atoms with van der Waals surface area (Å²) in [6.07, 6.45) is 23.9. The van der Waals surface area contributed by atoms with Crippen LogP contribution in [0.2, 0.25) is 0 Å². The SMILES string of the molecule is C=C[C@@H]1/C=C/C=C/C=C(\C)CCCCC[C@@H](C)C(O)(O)C(=O)C(=O)N2CCC/C(=C/[C@H](C[C@@H]3CCC[C@H](OC)C3)CCC(=O)[C@H](C)/C=C(\C)[C@@H](O)CC(=O)[C@H](C)C1)[C@H]2C(=O)O. The fourth-order valence-corrected chi connectivity index (χ4v) is 9.09. The fraction of sp³-hybridized carbons (Fsp3) is 0.660. The molecule has 9 atom stereocenters. The van der Waals surface area contributed by atoms with E-state index in [9.17, 15) is 44.4 Å². The average molecular weight is 850 g/mol. The number of hydrogen-bond acceptors (Lipinski definition) is 9. The van der Waals surface area contributed by atoms with E-state index in [1.54, 1.807) is 27.0 Å². The summed E-state index contributed by atoms with van der Waals surface area (Å²) < 4.78 is 5.69. The molecule has 1 amide bonds. The van der Waals surface area contributed by atoms with Crippen LogP contribution in [0.15, 0.2) is 71.9 Å². The molecule has 2 aliphatic heterocycles. The van der Waals surface area contributed by atoms with Gasteiger partial charge in [-0.25, -0.2) is 4.79 Å². The number of carboxylic acid groups (broad SMARTS) is 1. The van der Waals surface area contributed by atoms with E-state index in [-0.39, 0.29) is 67.1 Å². The van der Waals surface area contributed by atoms with Gasteiger partial charge in [0.05, 0.1) is 12.2 Å². The number of aliphatic hydroxyl groups is 3. The number of ether oxygens (including phenoxy) is 1. The van der Waals surface area contributed by atoms with Crippen molar-refractivity contribution in [3.8, 4) is 0 Å². The second-order valence-electron chi connectivity index (χ2n) is 18.2. The first-order valence-electron chi connectivity index (χ1n) is 22.7. The number of methoxy groups -OCH3 is 1. The van der Waals surface area contributed by atoms with Crippen LogP contribution in [-0.2, 0) is 28.7 Å². The average Bonchev–Trinajstić information content (AvgIpc) is 3.23. The summed E-state index contributed by atoms with van der Waals surface area (Å²) in [6.45, 7) is 12.8. The molecule has 0 unspecified atom stereocenters. The molecule has 340 valence electrons. The monoisotopic (exact) mass is 850 g/mol. The molecule has 1 saturated heterocycles. The van der Waals surface area contributed by atoms with Crippen molar-refractivity contribution in [3.63, 3.8) is 0 Å². The standard InChI is InChI=1S/C50H75NO10/c1-8-38-20-14-10-12-18-33(2)17-11-9-13-19-37(6)50(59,60)47(55)48(56)51-26-16-22-41(46(51)49(57)58)30-40(29-39-21-15-23-42(31-39)61-7)24-25-43(52)34(3)27-35(4)44(53)32-45(54)36(5)28-38/h8,10,12,14,18,20,27,30,34,36-40,42,44,46,53,59-60H,1,9,11,13,15-17,19,21-26,28-29,31-32H2,2-7H3,(H,57,58)/b12-10+,20-14+,33-18+,35-27+,41-30-/t34-,36-,37-,38-,39+,40+,42+,44+,46+/m1/s1. The number of aliphatic carboxylic acids is 1. The normalized spacial score (nSPS) is 35.5. The number of nitrogens with zero attached hydrogens (tertiary/aromatic N) is 1. The highest BCUT2D eigenvalue weighted by Crippen LogP contribution is 2.36. The maximum Gasteiger partial charge on any atom is 0.330 e. The Labute approximate surface area is 364 Å². The quantitative estimate of drug-likeness (QED) is 0.120. The van der Waals surface area contributed by atoms with E-state index in [2.05, 4.69) is 6.58 Å². The van der Waals surface area contributed by atoms with Gasteiger partial charge < -0.3 is 30.1 Å². The molecule has 4 N–H and O–H groups in total. The van der Waals surface area contributed by atoms with Crippen LogP contribution in [0, 0.1) is 35.5 Å². The first kappa shape index (κ1) is 51.6. The molecule has 11 nitrogen and oxygen atoms in total. The zero-order valence-electron chi connectivity index (χ0n) is 37.7. The molecular formula is C50H75NO10. The number of piperidine rings is 1. The van der Waals surface area contributed by atoms with Crippen molar-refractivity contribution in [3.05, 3.63) is 71.9 Å². The third-order valence-electron chi connectivity index (χ3n) is 13.2. The molecule has 0 aromatic carbocycles. The number of rotatable bonds is 5. The molecule has 2 heterocycles. The number of allylic oxidation sites excluding steroid dienone is 9. The highest BCUT2D eigenvalue weighted by molar-refractivity contribution is 6.39. The molecule has 1 saturated carbocycles. The van der Waals surface area contributed by atoms with Crippen molar-refractivity contribution >= 4 is 29.2 Å². The first-order valence-corrected chi connectivity index (χ1v) is 22.7. The van der Waals surface area contributed by atoms with E-state index in [0.717, 1.165) is 55.4 Å². The van der Waals surface area contributed by atoms with Gasteiger partial charge in [0.25, 0.3) is 11.7 Å². The predicted molar refractivity (Wildman–Crippen MR) is 238 cm³/mol. The number of carboxylic acids is 1. The lowest BCUT2D eigenvalue weighted by Crippen LogP contribution is -2.58. The van der Waals surface area contributed by atoms with Crippen LogP contribution in [0.3, 0.4) is 0 Å². The number of amides is 1. The fourth-order valence-electron chi connectivity index (χ4n) is 9.09. The molecular weight excluding hydrogens is 775 g/mol. The second kappa shape index (κ2) is 25.4. The van der Waals surface area contributed by atoms with Gasteiger partial charge in [-0.15, -0.1) is 6.58 Å². The van der Waals surface area contributed by atoms with Gasteiger partial charge in [-0.3, -0.25) is 19.2 Å². The van der Waals surface area contributed by atoms with Crippen LogP contribution in [-0.4, -0.2) is 92.2 Å². The summed E-state index contributed by atoms with van der Waals surface area (Å²) >= 11 is 0. The lowest BCUT2D eigenvalue weighted by molar-refractivity contribution is -0.205. The number of fused-ring (bicyclic) bond motifs is 2. The lowest BCUT2D eigenvalue weighted by atomic mass is 9.78. The van der Waals surface area contributed by atoms with Gasteiger partial charge in [0.15, 0.2) is 6.04 Å². The van der Waals surface area contributed by atoms with E-state index >= 15 is 0 Å². The maximum absolute atomic E-state index is 13.8. The number of Topliss-reactive ketones (excluding diaryl/α,β-unsaturated/α-hetero) is 3. The Morgan fingerprint density at radius 2 is 1.62 bits per heavy atom. The van der Waals surface area contributed by atoms with Crippen LogP contribution in [0.4, 0.5) is 0 Å². The number of carbonyl (C=O) groups is 5. The smallest absolute Gasteiger partial charge is 0.330 e. The molecule has 0 aromatic heterocycles. The first-order chi connectivity index (χ1) is 28.9. The Kier molecular flexibility index (Phi) is 21.4. The summed E-state index contributed by atoms with van der Waals surface area (Å²) in [5.74, 6) is -8.88. The van der Waals surface area contributed by atoms with Gasteiger partial charge in [-0.05, 0) is 107 Å². The predicted octanol–water partition coefficient (Wildman–Crippen LogP) is 8.19. The molecule has 1 aliphatic carbocycles. The molecule has 0 aromatic rings. The lowest BCUT2D eigenvalue weighted by Gasteiger charge is -2.37. The number of aliphatic hydroxyl groups excluding tert-OH is 1. The Balaban J connectivity index is 1.94. The second-order valence-corrected chi connectivity index (χ2v) is 18.2. The zero-order valence-corrected chi connectivity index (χ0v) is 37.7. The minimum Gasteiger partial charge on any atom is -0.479 e. The van der Waals surface area contributed by atoms with E-state index in [1.807, 2.05) is 56.4 Å². The van der Waals surface area contributed by atoms with Gasteiger partial charge in [0, 0.05) is 44.2 Å². The molecule has 0 radical (unpaired) electrons. The van der Waals surface area contributed by atoms with Gasteiger partial charge in [-0.1, -0.05) is 101 Å². The van der Waals surface area contributed by atoms with E-state index < -0.39 is 47.4 Å². The van der Waals surface area contributed by atoms with E-state index in [4.69, 9.17) is 4.74 Å². The Morgan fingerprint density at radius 3 is 2.31 bits per heavy atom.